The summed E-state index contributed by atoms with van der Waals surface area (Å²) < 4.78 is 62.0. The van der Waals surface area contributed by atoms with E-state index in [1.807, 2.05) is 0 Å². The van der Waals surface area contributed by atoms with Crippen molar-refractivity contribution in [3.05, 3.63) is 0 Å². The Balaban J connectivity index is 2.04. The minimum atomic E-state index is -4.47. The Morgan fingerprint density at radius 2 is 1.94 bits per heavy atom. The van der Waals surface area contributed by atoms with Crippen LogP contribution in [0.4, 0.5) is 13.2 Å². The van der Waals surface area contributed by atoms with Gasteiger partial charge in [-0.1, -0.05) is 0 Å². The van der Waals surface area contributed by atoms with Crippen LogP contribution < -0.4 is 10.5 Å². The molecule has 0 radical (unpaired) electrons. The quantitative estimate of drug-likeness (QED) is 0.746. The van der Waals surface area contributed by atoms with E-state index in [1.165, 1.54) is 4.72 Å². The molecule has 0 aromatic carbocycles. The first-order valence-electron chi connectivity index (χ1n) is 4.95. The maximum absolute atomic E-state index is 13.3. The molecule has 0 heterocycles. The number of hydrogen-bond acceptors (Lipinski definition) is 4. The number of carbonyl (C=O) groups excluding carboxylic acids is 1. The minimum absolute atomic E-state index is 0.203. The SMILES string of the molecule is NC1(C(=O)NS(=O)(=O)C2(F)CC2)CC1C(F)F. The van der Waals surface area contributed by atoms with Crippen LogP contribution in [0.2, 0.25) is 0 Å². The molecule has 0 bridgehead atoms. The van der Waals surface area contributed by atoms with Gasteiger partial charge in [0.2, 0.25) is 11.4 Å². The van der Waals surface area contributed by atoms with Gasteiger partial charge in [-0.05, 0) is 6.42 Å². The Bertz CT molecular complexity index is 463. The van der Waals surface area contributed by atoms with Crippen molar-refractivity contribution in [1.82, 2.24) is 4.72 Å². The van der Waals surface area contributed by atoms with E-state index in [1.54, 1.807) is 0 Å². The largest absolute Gasteiger partial charge is 0.317 e. The highest BCUT2D eigenvalue weighted by atomic mass is 32.2. The fourth-order valence-electron chi connectivity index (χ4n) is 1.56. The number of sulfonamides is 1. The fourth-order valence-corrected chi connectivity index (χ4v) is 2.81. The third-order valence-electron chi connectivity index (χ3n) is 3.14. The van der Waals surface area contributed by atoms with Crippen molar-refractivity contribution >= 4 is 15.9 Å². The van der Waals surface area contributed by atoms with Gasteiger partial charge in [-0.2, -0.15) is 0 Å². The standard InChI is InChI=1S/C8H11F3N2O3S/c9-5(10)4-3-8(4,12)6(14)13-17(15,16)7(11)1-2-7/h4-5H,1-3,12H2,(H,13,14). The van der Waals surface area contributed by atoms with Gasteiger partial charge in [-0.3, -0.25) is 4.79 Å². The lowest BCUT2D eigenvalue weighted by molar-refractivity contribution is -0.122. The van der Waals surface area contributed by atoms with Gasteiger partial charge < -0.3 is 5.73 Å². The van der Waals surface area contributed by atoms with Gasteiger partial charge in [-0.25, -0.2) is 26.3 Å². The molecule has 98 valence electrons. The first-order chi connectivity index (χ1) is 7.62. The summed E-state index contributed by atoms with van der Waals surface area (Å²) in [6.45, 7) is 0. The van der Waals surface area contributed by atoms with Crippen LogP contribution in [-0.4, -0.2) is 31.3 Å². The number of rotatable bonds is 4. The van der Waals surface area contributed by atoms with Crippen LogP contribution in [0.3, 0.4) is 0 Å². The average molecular weight is 272 g/mol. The zero-order valence-corrected chi connectivity index (χ0v) is 9.44. The van der Waals surface area contributed by atoms with E-state index in [2.05, 4.69) is 0 Å². The first-order valence-corrected chi connectivity index (χ1v) is 6.43. The molecule has 2 saturated carbocycles. The summed E-state index contributed by atoms with van der Waals surface area (Å²) in [6, 6.07) is 0. The van der Waals surface area contributed by atoms with Gasteiger partial charge in [0.25, 0.3) is 15.9 Å². The number of amides is 1. The van der Waals surface area contributed by atoms with Gasteiger partial charge in [0.1, 0.15) is 5.54 Å². The van der Waals surface area contributed by atoms with Crippen LogP contribution in [0, 0.1) is 5.92 Å². The van der Waals surface area contributed by atoms with Gasteiger partial charge in [0, 0.05) is 18.8 Å². The summed E-state index contributed by atoms with van der Waals surface area (Å²) in [5.41, 5.74) is 3.43. The summed E-state index contributed by atoms with van der Waals surface area (Å²) in [4.78, 5) is 11.4. The highest BCUT2D eigenvalue weighted by molar-refractivity contribution is 7.91. The minimum Gasteiger partial charge on any atom is -0.317 e. The Morgan fingerprint density at radius 3 is 2.29 bits per heavy atom. The monoisotopic (exact) mass is 272 g/mol. The molecule has 9 heteroatoms. The van der Waals surface area contributed by atoms with Crippen LogP contribution in [-0.2, 0) is 14.8 Å². The topological polar surface area (TPSA) is 89.3 Å². The number of alkyl halides is 3. The summed E-state index contributed by atoms with van der Waals surface area (Å²) in [6.07, 6.45) is -3.50. The van der Waals surface area contributed by atoms with Crippen molar-refractivity contribution in [3.63, 3.8) is 0 Å². The molecule has 0 saturated heterocycles. The third-order valence-corrected chi connectivity index (χ3v) is 4.96. The lowest BCUT2D eigenvalue weighted by Crippen LogP contribution is -2.49. The van der Waals surface area contributed by atoms with Crippen molar-refractivity contribution in [1.29, 1.82) is 0 Å². The molecule has 2 aliphatic rings. The molecule has 2 rings (SSSR count). The molecular formula is C8H11F3N2O3S. The highest BCUT2D eigenvalue weighted by Crippen LogP contribution is 2.47. The van der Waals surface area contributed by atoms with Crippen LogP contribution in [0.25, 0.3) is 0 Å². The number of halogens is 3. The summed E-state index contributed by atoms with van der Waals surface area (Å²) in [5.74, 6) is -2.63. The fraction of sp³-hybridized carbons (Fsp3) is 0.875. The molecule has 1 amide bonds. The Hall–Kier alpha value is -0.830. The Labute approximate surface area is 95.6 Å². The van der Waals surface area contributed by atoms with E-state index in [9.17, 15) is 26.4 Å². The van der Waals surface area contributed by atoms with Crippen LogP contribution >= 0.6 is 0 Å². The van der Waals surface area contributed by atoms with E-state index in [4.69, 9.17) is 5.73 Å². The molecular weight excluding hydrogens is 261 g/mol. The molecule has 0 aromatic heterocycles. The predicted octanol–water partition coefficient (Wildman–Crippen LogP) is -0.126. The molecule has 2 unspecified atom stereocenters. The zero-order valence-electron chi connectivity index (χ0n) is 8.62. The predicted molar refractivity (Wildman–Crippen MR) is 51.2 cm³/mol. The van der Waals surface area contributed by atoms with Crippen molar-refractivity contribution in [3.8, 4) is 0 Å². The third kappa shape index (κ3) is 1.90. The van der Waals surface area contributed by atoms with Crippen molar-refractivity contribution < 1.29 is 26.4 Å². The van der Waals surface area contributed by atoms with E-state index >= 15 is 0 Å². The Morgan fingerprint density at radius 1 is 1.41 bits per heavy atom. The lowest BCUT2D eigenvalue weighted by atomic mass is 10.2. The highest BCUT2D eigenvalue weighted by Gasteiger charge is 2.64. The van der Waals surface area contributed by atoms with E-state index in [0.29, 0.717) is 0 Å². The normalized spacial score (nSPS) is 34.5. The van der Waals surface area contributed by atoms with Crippen molar-refractivity contribution in [2.45, 2.75) is 36.2 Å². The van der Waals surface area contributed by atoms with E-state index in [0.717, 1.165) is 0 Å². The van der Waals surface area contributed by atoms with Gasteiger partial charge in [-0.15, -0.1) is 0 Å². The lowest BCUT2D eigenvalue weighted by Gasteiger charge is -2.14. The summed E-state index contributed by atoms with van der Waals surface area (Å²) in [7, 11) is -4.47. The van der Waals surface area contributed by atoms with Gasteiger partial charge >= 0.3 is 0 Å². The maximum Gasteiger partial charge on any atom is 0.270 e. The summed E-state index contributed by atoms with van der Waals surface area (Å²) in [5, 5.41) is -2.45. The van der Waals surface area contributed by atoms with Crippen LogP contribution in [0.1, 0.15) is 19.3 Å². The Kier molecular flexibility index (Phi) is 2.48. The van der Waals surface area contributed by atoms with Gasteiger partial charge in [0.15, 0.2) is 0 Å². The van der Waals surface area contributed by atoms with Gasteiger partial charge in [0.05, 0.1) is 0 Å². The molecule has 0 aromatic rings. The first kappa shape index (κ1) is 12.6. The maximum atomic E-state index is 13.3. The molecule has 2 aliphatic carbocycles. The second kappa shape index (κ2) is 3.35. The number of hydrogen-bond donors (Lipinski definition) is 2. The molecule has 2 atom stereocenters. The van der Waals surface area contributed by atoms with Crippen molar-refractivity contribution in [2.75, 3.05) is 0 Å². The molecule has 0 spiro atoms. The second-order valence-electron chi connectivity index (χ2n) is 4.50. The molecule has 2 fully saturated rings. The number of nitrogens with one attached hydrogen (secondary N) is 1. The number of nitrogens with two attached hydrogens (primary N) is 1. The van der Waals surface area contributed by atoms with E-state index < -0.39 is 38.8 Å². The average Bonchev–Trinajstić information content (AvgIpc) is 3.04. The molecule has 5 nitrogen and oxygen atoms in total. The van der Waals surface area contributed by atoms with E-state index in [-0.39, 0.29) is 19.3 Å². The van der Waals surface area contributed by atoms with Crippen molar-refractivity contribution in [2.24, 2.45) is 11.7 Å². The zero-order chi connectivity index (χ0) is 13.1. The smallest absolute Gasteiger partial charge is 0.270 e. The molecule has 17 heavy (non-hydrogen) atoms. The van der Waals surface area contributed by atoms with Crippen LogP contribution in [0.15, 0.2) is 0 Å². The number of carbonyl (C=O) groups is 1. The molecule has 3 N–H and O–H groups in total. The summed E-state index contributed by atoms with van der Waals surface area (Å²) >= 11 is 0. The van der Waals surface area contributed by atoms with Crippen LogP contribution in [0.5, 0.6) is 0 Å². The molecule has 0 aliphatic heterocycles. The second-order valence-corrected chi connectivity index (χ2v) is 6.45.